The predicted octanol–water partition coefficient (Wildman–Crippen LogP) is 3.96. The molecule has 4 nitrogen and oxygen atoms in total. The fraction of sp³-hybridized carbons (Fsp3) is 0.222. The van der Waals surface area contributed by atoms with Gasteiger partial charge < -0.3 is 10.1 Å². The van der Waals surface area contributed by atoms with Crippen LogP contribution in [0.2, 0.25) is 10.0 Å². The molecule has 2 aromatic carbocycles. The Morgan fingerprint density at radius 1 is 1.04 bits per heavy atom. The van der Waals surface area contributed by atoms with E-state index in [4.69, 9.17) is 27.9 Å². The summed E-state index contributed by atoms with van der Waals surface area (Å²) >= 11 is 12.0. The predicted molar refractivity (Wildman–Crippen MR) is 94.1 cm³/mol. The van der Waals surface area contributed by atoms with Gasteiger partial charge in [0.05, 0.1) is 12.5 Å². The molecule has 0 aliphatic heterocycles. The first kappa shape index (κ1) is 18.3. The summed E-state index contributed by atoms with van der Waals surface area (Å²) < 4.78 is 4.99. The highest BCUT2D eigenvalue weighted by Gasteiger charge is 2.14. The number of halogens is 2. The molecule has 0 unspecified atom stereocenters. The maximum absolute atomic E-state index is 11.9. The monoisotopic (exact) mass is 365 g/mol. The molecule has 0 saturated heterocycles. The van der Waals surface area contributed by atoms with Crippen molar-refractivity contribution in [3.8, 4) is 0 Å². The number of carbonyl (C=O) groups is 2. The van der Waals surface area contributed by atoms with E-state index in [-0.39, 0.29) is 25.0 Å². The molecule has 0 spiro atoms. The summed E-state index contributed by atoms with van der Waals surface area (Å²) in [6, 6.07) is 14.3. The van der Waals surface area contributed by atoms with Crippen LogP contribution in [-0.4, -0.2) is 18.5 Å². The molecule has 0 aromatic heterocycles. The lowest BCUT2D eigenvalue weighted by atomic mass is 10.1. The highest BCUT2D eigenvalue weighted by atomic mass is 35.5. The van der Waals surface area contributed by atoms with Crippen molar-refractivity contribution in [2.45, 2.75) is 19.4 Å². The molecule has 0 bridgehead atoms. The van der Waals surface area contributed by atoms with Crippen LogP contribution in [0.1, 0.15) is 24.1 Å². The summed E-state index contributed by atoms with van der Waals surface area (Å²) in [5.74, 6) is -0.933. The van der Waals surface area contributed by atoms with Crippen molar-refractivity contribution in [1.82, 2.24) is 5.32 Å². The third kappa shape index (κ3) is 5.25. The summed E-state index contributed by atoms with van der Waals surface area (Å²) in [5, 5.41) is 3.55. The fourth-order valence-electron chi connectivity index (χ4n) is 2.15. The average molecular weight is 366 g/mol. The topological polar surface area (TPSA) is 55.4 Å². The smallest absolute Gasteiger partial charge is 0.310 e. The van der Waals surface area contributed by atoms with E-state index in [1.165, 1.54) is 0 Å². The average Bonchev–Trinajstić information content (AvgIpc) is 2.57. The van der Waals surface area contributed by atoms with Crippen LogP contribution in [-0.2, 0) is 20.7 Å². The minimum atomic E-state index is -0.562. The van der Waals surface area contributed by atoms with E-state index in [9.17, 15) is 9.59 Å². The van der Waals surface area contributed by atoms with Crippen molar-refractivity contribution < 1.29 is 14.3 Å². The molecule has 126 valence electrons. The van der Waals surface area contributed by atoms with Crippen LogP contribution >= 0.6 is 23.2 Å². The molecule has 1 atom stereocenters. The van der Waals surface area contributed by atoms with Gasteiger partial charge in [-0.05, 0) is 24.6 Å². The van der Waals surface area contributed by atoms with Crippen LogP contribution in [0.3, 0.4) is 0 Å². The Bertz CT molecular complexity index is 699. The Morgan fingerprint density at radius 3 is 2.29 bits per heavy atom. The molecular formula is C18H17Cl2NO3. The Morgan fingerprint density at radius 2 is 1.67 bits per heavy atom. The van der Waals surface area contributed by atoms with Gasteiger partial charge in [0.2, 0.25) is 0 Å². The standard InChI is InChI=1S/C18H17Cl2NO3/c1-12(13-6-3-2-4-7-13)21-17(22)11-24-18(23)10-14-15(19)8-5-9-16(14)20/h2-9,12H,10-11H2,1H3,(H,21,22)/t12-/m0/s1. The summed E-state index contributed by atoms with van der Waals surface area (Å²) in [6.45, 7) is 1.51. The Hall–Kier alpha value is -2.04. The molecule has 2 aromatic rings. The van der Waals surface area contributed by atoms with Crippen LogP contribution in [0.15, 0.2) is 48.5 Å². The van der Waals surface area contributed by atoms with Gasteiger partial charge in [-0.1, -0.05) is 59.6 Å². The van der Waals surface area contributed by atoms with Crippen molar-refractivity contribution in [3.63, 3.8) is 0 Å². The number of ether oxygens (including phenoxy) is 1. The molecule has 0 fully saturated rings. The second-order valence-electron chi connectivity index (χ2n) is 5.24. The number of esters is 1. The van der Waals surface area contributed by atoms with E-state index in [0.717, 1.165) is 5.56 Å². The second kappa shape index (κ2) is 8.71. The zero-order valence-corrected chi connectivity index (χ0v) is 14.6. The fourth-order valence-corrected chi connectivity index (χ4v) is 2.68. The van der Waals surface area contributed by atoms with Crippen LogP contribution < -0.4 is 5.32 Å². The molecule has 1 N–H and O–H groups in total. The lowest BCUT2D eigenvalue weighted by Gasteiger charge is -2.14. The number of rotatable bonds is 6. The molecule has 1 amide bonds. The van der Waals surface area contributed by atoms with Crippen LogP contribution in [0, 0.1) is 0 Å². The first-order valence-electron chi connectivity index (χ1n) is 7.40. The molecule has 0 aliphatic carbocycles. The van der Waals surface area contributed by atoms with Crippen LogP contribution in [0.4, 0.5) is 0 Å². The highest BCUT2D eigenvalue weighted by molar-refractivity contribution is 6.36. The van der Waals surface area contributed by atoms with Gasteiger partial charge in [-0.15, -0.1) is 0 Å². The van der Waals surface area contributed by atoms with E-state index < -0.39 is 5.97 Å². The van der Waals surface area contributed by atoms with Gasteiger partial charge in [0.15, 0.2) is 6.61 Å². The normalized spacial score (nSPS) is 11.6. The van der Waals surface area contributed by atoms with Gasteiger partial charge in [-0.25, -0.2) is 0 Å². The molecule has 0 saturated carbocycles. The third-order valence-electron chi connectivity index (χ3n) is 3.42. The summed E-state index contributed by atoms with van der Waals surface area (Å²) in [7, 11) is 0. The van der Waals surface area contributed by atoms with Gasteiger partial charge in [-0.3, -0.25) is 9.59 Å². The molecule has 6 heteroatoms. The van der Waals surface area contributed by atoms with E-state index in [0.29, 0.717) is 15.6 Å². The number of nitrogens with one attached hydrogen (secondary N) is 1. The van der Waals surface area contributed by atoms with E-state index in [2.05, 4.69) is 5.32 Å². The molecule has 0 radical (unpaired) electrons. The summed E-state index contributed by atoms with van der Waals surface area (Å²) in [6.07, 6.45) is -0.0833. The molecular weight excluding hydrogens is 349 g/mol. The summed E-state index contributed by atoms with van der Waals surface area (Å²) in [4.78, 5) is 23.7. The first-order chi connectivity index (χ1) is 11.5. The minimum absolute atomic E-state index is 0.0833. The zero-order chi connectivity index (χ0) is 17.5. The molecule has 0 aliphatic rings. The van der Waals surface area contributed by atoms with E-state index >= 15 is 0 Å². The van der Waals surface area contributed by atoms with E-state index in [1.807, 2.05) is 37.3 Å². The number of hydrogen-bond donors (Lipinski definition) is 1. The molecule has 24 heavy (non-hydrogen) atoms. The van der Waals surface area contributed by atoms with Gasteiger partial charge in [0.1, 0.15) is 0 Å². The second-order valence-corrected chi connectivity index (χ2v) is 6.05. The highest BCUT2D eigenvalue weighted by Crippen LogP contribution is 2.24. The van der Waals surface area contributed by atoms with Crippen molar-refractivity contribution in [1.29, 1.82) is 0 Å². The molecule has 0 heterocycles. The number of amides is 1. The van der Waals surface area contributed by atoms with E-state index in [1.54, 1.807) is 18.2 Å². The van der Waals surface area contributed by atoms with Gasteiger partial charge in [-0.2, -0.15) is 0 Å². The quantitative estimate of drug-likeness (QED) is 0.788. The maximum atomic E-state index is 11.9. The molecule has 2 rings (SSSR count). The lowest BCUT2D eigenvalue weighted by molar-refractivity contribution is -0.148. The third-order valence-corrected chi connectivity index (χ3v) is 4.13. The van der Waals surface area contributed by atoms with Crippen molar-refractivity contribution in [3.05, 3.63) is 69.7 Å². The Balaban J connectivity index is 1.82. The minimum Gasteiger partial charge on any atom is -0.455 e. The first-order valence-corrected chi connectivity index (χ1v) is 8.16. The van der Waals surface area contributed by atoms with Gasteiger partial charge in [0.25, 0.3) is 5.91 Å². The van der Waals surface area contributed by atoms with Crippen molar-refractivity contribution >= 4 is 35.1 Å². The lowest BCUT2D eigenvalue weighted by Crippen LogP contribution is -2.31. The Kier molecular flexibility index (Phi) is 6.64. The van der Waals surface area contributed by atoms with Crippen LogP contribution in [0.5, 0.6) is 0 Å². The number of hydrogen-bond acceptors (Lipinski definition) is 3. The van der Waals surface area contributed by atoms with Gasteiger partial charge >= 0.3 is 5.97 Å². The maximum Gasteiger partial charge on any atom is 0.310 e. The Labute approximate surface area is 150 Å². The van der Waals surface area contributed by atoms with Crippen LogP contribution in [0.25, 0.3) is 0 Å². The largest absolute Gasteiger partial charge is 0.455 e. The number of carbonyl (C=O) groups excluding carboxylic acids is 2. The zero-order valence-electron chi connectivity index (χ0n) is 13.1. The van der Waals surface area contributed by atoms with Crippen molar-refractivity contribution in [2.24, 2.45) is 0 Å². The van der Waals surface area contributed by atoms with Crippen molar-refractivity contribution in [2.75, 3.05) is 6.61 Å². The number of benzene rings is 2. The summed E-state index contributed by atoms with van der Waals surface area (Å²) in [5.41, 5.74) is 1.46. The SMILES string of the molecule is C[C@H](NC(=O)COC(=O)Cc1c(Cl)cccc1Cl)c1ccccc1. The van der Waals surface area contributed by atoms with Gasteiger partial charge in [0, 0.05) is 15.6 Å².